The smallest absolute Gasteiger partial charge is 0.341 e. The fourth-order valence-corrected chi connectivity index (χ4v) is 5.13. The molecule has 0 fully saturated rings. The van der Waals surface area contributed by atoms with E-state index < -0.39 is 60.2 Å². The van der Waals surface area contributed by atoms with E-state index in [-0.39, 0.29) is 6.42 Å². The van der Waals surface area contributed by atoms with Crippen LogP contribution in [0.3, 0.4) is 0 Å². The maximum absolute atomic E-state index is 14.9. The van der Waals surface area contributed by atoms with Crippen LogP contribution in [0, 0.1) is 17.8 Å². The van der Waals surface area contributed by atoms with Crippen LogP contribution in [-0.4, -0.2) is 42.4 Å². The van der Waals surface area contributed by atoms with Crippen LogP contribution in [0.5, 0.6) is 0 Å². The van der Waals surface area contributed by atoms with Crippen molar-refractivity contribution < 1.29 is 31.5 Å². The summed E-state index contributed by atoms with van der Waals surface area (Å²) in [4.78, 5) is 24.9. The summed E-state index contributed by atoms with van der Waals surface area (Å²) in [6.45, 7) is 0.957. The molecule has 0 radical (unpaired) electrons. The molecular formula is C27H32Cl2F5N3O2. The van der Waals surface area contributed by atoms with Crippen molar-refractivity contribution in [2.45, 2.75) is 57.3 Å². The van der Waals surface area contributed by atoms with E-state index in [1.807, 2.05) is 0 Å². The zero-order valence-electron chi connectivity index (χ0n) is 21.5. The molecule has 39 heavy (non-hydrogen) atoms. The van der Waals surface area contributed by atoms with Gasteiger partial charge in [0.15, 0.2) is 0 Å². The Hall–Kier alpha value is -2.27. The molecule has 2 aromatic carbocycles. The van der Waals surface area contributed by atoms with Crippen LogP contribution < -0.4 is 16.8 Å². The number of hydrogen-bond donors (Lipinski definition) is 3. The van der Waals surface area contributed by atoms with Gasteiger partial charge in [-0.15, -0.1) is 0 Å². The van der Waals surface area contributed by atoms with Crippen LogP contribution in [0.25, 0.3) is 0 Å². The summed E-state index contributed by atoms with van der Waals surface area (Å²) in [5.74, 6) is -12.0. The summed E-state index contributed by atoms with van der Waals surface area (Å²) >= 11 is 12.1. The molecular weight excluding hydrogens is 564 g/mol. The fourth-order valence-electron chi connectivity index (χ4n) is 4.56. The summed E-state index contributed by atoms with van der Waals surface area (Å²) < 4.78 is 67.1. The van der Waals surface area contributed by atoms with Crippen molar-refractivity contribution in [3.63, 3.8) is 0 Å². The quantitative estimate of drug-likeness (QED) is 0.207. The lowest BCUT2D eigenvalue weighted by molar-refractivity contribution is -0.167. The molecule has 1 amide bonds. The molecule has 5 N–H and O–H groups in total. The van der Waals surface area contributed by atoms with Gasteiger partial charge in [0.2, 0.25) is 5.78 Å². The number of hydrogen-bond acceptors (Lipinski definition) is 4. The molecule has 2 unspecified atom stereocenters. The number of nitrogens with one attached hydrogen (secondary N) is 1. The predicted molar refractivity (Wildman–Crippen MR) is 142 cm³/mol. The molecule has 2 rings (SSSR count). The lowest BCUT2D eigenvalue weighted by Crippen LogP contribution is -2.57. The van der Waals surface area contributed by atoms with Gasteiger partial charge in [-0.05, 0) is 60.4 Å². The van der Waals surface area contributed by atoms with Gasteiger partial charge < -0.3 is 16.8 Å². The number of benzene rings is 2. The van der Waals surface area contributed by atoms with Crippen molar-refractivity contribution >= 4 is 34.9 Å². The highest BCUT2D eigenvalue weighted by Gasteiger charge is 2.53. The molecule has 0 aromatic heterocycles. The van der Waals surface area contributed by atoms with Crippen LogP contribution in [0.15, 0.2) is 48.5 Å². The Kier molecular flexibility index (Phi) is 11.7. The molecule has 216 valence electrons. The van der Waals surface area contributed by atoms with Gasteiger partial charge in [0.1, 0.15) is 6.54 Å². The van der Waals surface area contributed by atoms with E-state index in [1.165, 1.54) is 13.8 Å². The minimum absolute atomic E-state index is 0.238. The highest BCUT2D eigenvalue weighted by atomic mass is 35.5. The Balaban J connectivity index is 2.34. The summed E-state index contributed by atoms with van der Waals surface area (Å²) in [6.07, 6.45) is -3.93. The molecule has 0 aliphatic carbocycles. The molecule has 2 aromatic rings. The molecule has 5 nitrogen and oxygen atoms in total. The minimum atomic E-state index is -4.93. The first-order valence-electron chi connectivity index (χ1n) is 12.3. The van der Waals surface area contributed by atoms with E-state index in [4.69, 9.17) is 34.7 Å². The van der Waals surface area contributed by atoms with Crippen LogP contribution in [-0.2, 0) is 22.4 Å². The topological polar surface area (TPSA) is 98.2 Å². The van der Waals surface area contributed by atoms with Crippen LogP contribution in [0.1, 0.15) is 31.4 Å². The van der Waals surface area contributed by atoms with Crippen molar-refractivity contribution in [3.05, 3.63) is 69.7 Å². The monoisotopic (exact) mass is 595 g/mol. The maximum atomic E-state index is 14.9. The fraction of sp³-hybridized carbons (Fsp3) is 0.481. The second-order valence-electron chi connectivity index (χ2n) is 9.92. The van der Waals surface area contributed by atoms with Gasteiger partial charge >= 0.3 is 12.1 Å². The first kappa shape index (κ1) is 32.9. The Morgan fingerprint density at radius 3 is 2.00 bits per heavy atom. The van der Waals surface area contributed by atoms with Crippen molar-refractivity contribution in [1.29, 1.82) is 0 Å². The van der Waals surface area contributed by atoms with Gasteiger partial charge in [0.05, 0.1) is 0 Å². The summed E-state index contributed by atoms with van der Waals surface area (Å²) in [5, 5.41) is 1.96. The van der Waals surface area contributed by atoms with E-state index in [0.29, 0.717) is 22.9 Å². The van der Waals surface area contributed by atoms with E-state index in [1.54, 1.807) is 48.5 Å². The van der Waals surface area contributed by atoms with Gasteiger partial charge in [-0.1, -0.05) is 67.4 Å². The summed E-state index contributed by atoms with van der Waals surface area (Å²) in [5.41, 5.74) is 14.6. The number of amides is 1. The Morgan fingerprint density at radius 1 is 0.923 bits per heavy atom. The Labute approximate surface area is 234 Å². The normalized spacial score (nSPS) is 15.5. The number of carbonyl (C=O) groups is 2. The average molecular weight is 596 g/mol. The molecule has 0 aliphatic rings. The highest BCUT2D eigenvalue weighted by Crippen LogP contribution is 2.32. The van der Waals surface area contributed by atoms with Gasteiger partial charge in [-0.3, -0.25) is 9.59 Å². The van der Waals surface area contributed by atoms with Gasteiger partial charge in [-0.25, -0.2) is 0 Å². The first-order chi connectivity index (χ1) is 18.0. The van der Waals surface area contributed by atoms with Crippen LogP contribution >= 0.6 is 23.2 Å². The molecule has 0 saturated heterocycles. The van der Waals surface area contributed by atoms with Crippen LogP contribution in [0.4, 0.5) is 22.0 Å². The van der Waals surface area contributed by atoms with Crippen molar-refractivity contribution in [2.24, 2.45) is 29.2 Å². The average Bonchev–Trinajstić information content (AvgIpc) is 2.83. The van der Waals surface area contributed by atoms with E-state index in [0.717, 1.165) is 16.4 Å². The second kappa shape index (κ2) is 13.9. The molecule has 12 heteroatoms. The highest BCUT2D eigenvalue weighted by molar-refractivity contribution is 6.34. The van der Waals surface area contributed by atoms with Gasteiger partial charge in [0, 0.05) is 28.0 Å². The number of aryl methyl sites for hydroxylation is 1. The SMILES string of the molecule is CC(C)[C@H](C(=O)C(F)(F)C(=O)NCC(F)(F)F)C(N)[C@@H](Cc1ccccc1)C(N)CCc1cc(Cl)cc(Cl)c1. The predicted octanol–water partition coefficient (Wildman–Crippen LogP) is 5.59. The lowest BCUT2D eigenvalue weighted by Gasteiger charge is -2.37. The zero-order chi connectivity index (χ0) is 29.5. The number of carbonyl (C=O) groups excluding carboxylic acids is 2. The molecule has 0 heterocycles. The first-order valence-corrected chi connectivity index (χ1v) is 13.1. The van der Waals surface area contributed by atoms with Crippen LogP contribution in [0.2, 0.25) is 10.0 Å². The minimum Gasteiger partial charge on any atom is -0.341 e. The van der Waals surface area contributed by atoms with Crippen molar-refractivity contribution in [1.82, 2.24) is 5.32 Å². The largest absolute Gasteiger partial charge is 0.405 e. The number of Topliss-reactive ketones (excluding diaryl/α,β-unsaturated/α-hetero) is 1. The molecule has 0 saturated carbocycles. The third-order valence-electron chi connectivity index (χ3n) is 6.53. The van der Waals surface area contributed by atoms with Crippen molar-refractivity contribution in [3.8, 4) is 0 Å². The van der Waals surface area contributed by atoms with E-state index in [2.05, 4.69) is 0 Å². The standard InChI is InChI=1S/C27H32Cl2F5N3O2/c1-15(2)22(24(38)27(33,34)25(39)37-14-26(30,31)32)23(36)20(12-16-6-4-3-5-7-16)21(35)9-8-17-10-18(28)13-19(29)11-17/h3-7,10-11,13,15,20-23H,8-9,12,14,35-36H2,1-2H3,(H,37,39)/t20-,21?,22-,23?/m0/s1. The molecule has 0 spiro atoms. The van der Waals surface area contributed by atoms with E-state index >= 15 is 0 Å². The summed E-state index contributed by atoms with van der Waals surface area (Å²) in [7, 11) is 0. The third-order valence-corrected chi connectivity index (χ3v) is 6.96. The van der Waals surface area contributed by atoms with Gasteiger partial charge in [0.25, 0.3) is 5.91 Å². The number of nitrogens with two attached hydrogens (primary N) is 2. The van der Waals surface area contributed by atoms with E-state index in [9.17, 15) is 31.5 Å². The Bertz CT molecular complexity index is 1100. The number of ketones is 1. The zero-order valence-corrected chi connectivity index (χ0v) is 23.0. The van der Waals surface area contributed by atoms with Gasteiger partial charge in [-0.2, -0.15) is 22.0 Å². The molecule has 0 bridgehead atoms. The maximum Gasteiger partial charge on any atom is 0.405 e. The third kappa shape index (κ3) is 9.70. The molecule has 4 atom stereocenters. The summed E-state index contributed by atoms with van der Waals surface area (Å²) in [6, 6.07) is 12.0. The number of alkyl halides is 5. The molecule has 0 aliphatic heterocycles. The second-order valence-corrected chi connectivity index (χ2v) is 10.8. The number of halogens is 7. The number of rotatable bonds is 13. The van der Waals surface area contributed by atoms with Crippen molar-refractivity contribution in [2.75, 3.05) is 6.54 Å². The lowest BCUT2D eigenvalue weighted by atomic mass is 9.72. The Morgan fingerprint density at radius 2 is 1.49 bits per heavy atom.